The van der Waals surface area contributed by atoms with Gasteiger partial charge in [0.2, 0.25) is 10.0 Å². The van der Waals surface area contributed by atoms with E-state index in [0.29, 0.717) is 17.4 Å². The Kier molecular flexibility index (Phi) is 5.45. The number of aryl methyl sites for hydroxylation is 2. The van der Waals surface area contributed by atoms with Crippen LogP contribution in [0.4, 0.5) is 5.69 Å². The van der Waals surface area contributed by atoms with Gasteiger partial charge in [-0.1, -0.05) is 6.07 Å². The first kappa shape index (κ1) is 18.4. The van der Waals surface area contributed by atoms with Crippen LogP contribution in [-0.2, 0) is 22.9 Å². The Morgan fingerprint density at radius 1 is 1.00 bits per heavy atom. The number of rotatable bonds is 5. The molecule has 1 fully saturated rings. The van der Waals surface area contributed by atoms with Crippen molar-refractivity contribution in [2.24, 2.45) is 5.92 Å². The molecule has 0 atom stereocenters. The lowest BCUT2D eigenvalue weighted by Gasteiger charge is -2.33. The second kappa shape index (κ2) is 7.98. The summed E-state index contributed by atoms with van der Waals surface area (Å²) in [6.45, 7) is 2.42. The normalized spacial score (nSPS) is 18.3. The third kappa shape index (κ3) is 4.33. The van der Waals surface area contributed by atoms with Gasteiger partial charge in [0.15, 0.2) is 0 Å². The van der Waals surface area contributed by atoms with Crippen LogP contribution in [0.15, 0.2) is 47.6 Å². The maximum absolute atomic E-state index is 12.7. The van der Waals surface area contributed by atoms with Crippen molar-refractivity contribution in [3.63, 3.8) is 0 Å². The van der Waals surface area contributed by atoms with Gasteiger partial charge in [0.1, 0.15) is 0 Å². The van der Waals surface area contributed by atoms with Crippen molar-refractivity contribution in [2.75, 3.05) is 24.5 Å². The number of nitrogens with zero attached hydrogens (tertiary/aromatic N) is 2. The predicted molar refractivity (Wildman–Crippen MR) is 107 cm³/mol. The molecule has 2 aliphatic rings. The molecule has 4 rings (SSSR count). The van der Waals surface area contributed by atoms with Crippen molar-refractivity contribution >= 4 is 15.7 Å². The number of anilines is 1. The molecule has 1 saturated heterocycles. The van der Waals surface area contributed by atoms with E-state index in [4.69, 9.17) is 0 Å². The number of nitrogens with one attached hydrogen (secondary N) is 1. The summed E-state index contributed by atoms with van der Waals surface area (Å²) in [6.07, 6.45) is 10.0. The Labute approximate surface area is 161 Å². The molecule has 0 amide bonds. The quantitative estimate of drug-likeness (QED) is 0.859. The monoisotopic (exact) mass is 385 g/mol. The SMILES string of the molecule is O=S(=O)(NCC1CCN(c2ccncc2)CC1)c1ccc2c(c1)CCCC2. The molecule has 1 N–H and O–H groups in total. The number of pyridine rings is 1. The van der Waals surface area contributed by atoms with Gasteiger partial charge >= 0.3 is 0 Å². The molecule has 144 valence electrons. The molecule has 1 aromatic heterocycles. The molecule has 1 aliphatic heterocycles. The summed E-state index contributed by atoms with van der Waals surface area (Å²) in [5.41, 5.74) is 3.71. The number of hydrogen-bond acceptors (Lipinski definition) is 4. The predicted octanol–water partition coefficient (Wildman–Crippen LogP) is 3.16. The number of aromatic nitrogens is 1. The van der Waals surface area contributed by atoms with E-state index in [1.807, 2.05) is 36.7 Å². The standard InChI is InChI=1S/C21H27N3O2S/c25-27(26,21-6-5-18-3-1-2-4-19(18)15-21)23-16-17-9-13-24(14-10-17)20-7-11-22-12-8-20/h5-8,11-12,15,17,23H,1-4,9-10,13-14,16H2. The molecule has 2 aromatic rings. The molecule has 1 aliphatic carbocycles. The Morgan fingerprint density at radius 2 is 1.70 bits per heavy atom. The topological polar surface area (TPSA) is 62.3 Å². The molecule has 5 nitrogen and oxygen atoms in total. The van der Waals surface area contributed by atoms with E-state index in [1.54, 1.807) is 6.07 Å². The summed E-state index contributed by atoms with van der Waals surface area (Å²) in [5, 5.41) is 0. The Balaban J connectivity index is 1.33. The van der Waals surface area contributed by atoms with Crippen LogP contribution >= 0.6 is 0 Å². The Hall–Kier alpha value is -1.92. The lowest BCUT2D eigenvalue weighted by Crippen LogP contribution is -2.38. The Bertz CT molecular complexity index is 876. The van der Waals surface area contributed by atoms with Crippen molar-refractivity contribution < 1.29 is 8.42 Å². The lowest BCUT2D eigenvalue weighted by molar-refractivity contribution is 0.402. The fourth-order valence-electron chi connectivity index (χ4n) is 4.14. The molecular weight excluding hydrogens is 358 g/mol. The van der Waals surface area contributed by atoms with Gasteiger partial charge in [-0.25, -0.2) is 13.1 Å². The van der Waals surface area contributed by atoms with Gasteiger partial charge < -0.3 is 4.90 Å². The highest BCUT2D eigenvalue weighted by molar-refractivity contribution is 7.89. The van der Waals surface area contributed by atoms with E-state index in [2.05, 4.69) is 14.6 Å². The smallest absolute Gasteiger partial charge is 0.240 e. The van der Waals surface area contributed by atoms with Gasteiger partial charge in [-0.2, -0.15) is 0 Å². The first-order valence-corrected chi connectivity index (χ1v) is 11.4. The number of benzene rings is 1. The first-order valence-electron chi connectivity index (χ1n) is 9.88. The van der Waals surface area contributed by atoms with E-state index in [-0.39, 0.29) is 0 Å². The maximum Gasteiger partial charge on any atom is 0.240 e. The van der Waals surface area contributed by atoms with Crippen LogP contribution in [0.5, 0.6) is 0 Å². The highest BCUT2D eigenvalue weighted by Crippen LogP contribution is 2.25. The van der Waals surface area contributed by atoms with Gasteiger partial charge in [-0.3, -0.25) is 4.98 Å². The zero-order valence-electron chi connectivity index (χ0n) is 15.6. The minimum atomic E-state index is -3.43. The third-order valence-electron chi connectivity index (χ3n) is 5.83. The average molecular weight is 386 g/mol. The van der Waals surface area contributed by atoms with E-state index in [9.17, 15) is 8.42 Å². The molecule has 27 heavy (non-hydrogen) atoms. The number of hydrogen-bond donors (Lipinski definition) is 1. The van der Waals surface area contributed by atoms with Crippen molar-refractivity contribution in [3.8, 4) is 0 Å². The summed E-state index contributed by atoms with van der Waals surface area (Å²) in [5.74, 6) is 0.385. The summed E-state index contributed by atoms with van der Waals surface area (Å²) in [6, 6.07) is 9.69. The van der Waals surface area contributed by atoms with Gasteiger partial charge in [0, 0.05) is 37.7 Å². The zero-order valence-corrected chi connectivity index (χ0v) is 16.4. The average Bonchev–Trinajstić information content (AvgIpc) is 2.73. The second-order valence-corrected chi connectivity index (χ2v) is 9.39. The summed E-state index contributed by atoms with van der Waals surface area (Å²) in [4.78, 5) is 6.82. The van der Waals surface area contributed by atoms with E-state index < -0.39 is 10.0 Å². The van der Waals surface area contributed by atoms with Gasteiger partial charge in [-0.15, -0.1) is 0 Å². The van der Waals surface area contributed by atoms with Crippen molar-refractivity contribution in [3.05, 3.63) is 53.9 Å². The van der Waals surface area contributed by atoms with Gasteiger partial charge in [-0.05, 0) is 79.8 Å². The zero-order chi connectivity index (χ0) is 18.7. The molecular formula is C21H27N3O2S. The van der Waals surface area contributed by atoms with Crippen LogP contribution in [0.1, 0.15) is 36.8 Å². The third-order valence-corrected chi connectivity index (χ3v) is 7.26. The van der Waals surface area contributed by atoms with Crippen LogP contribution in [0, 0.1) is 5.92 Å². The summed E-state index contributed by atoms with van der Waals surface area (Å²) >= 11 is 0. The molecule has 0 radical (unpaired) electrons. The summed E-state index contributed by atoms with van der Waals surface area (Å²) in [7, 11) is -3.43. The number of fused-ring (bicyclic) bond motifs is 1. The van der Waals surface area contributed by atoms with Gasteiger partial charge in [0.25, 0.3) is 0 Å². The molecule has 0 saturated carbocycles. The highest BCUT2D eigenvalue weighted by Gasteiger charge is 2.23. The maximum atomic E-state index is 12.7. The molecule has 6 heteroatoms. The van der Waals surface area contributed by atoms with Crippen molar-refractivity contribution in [1.29, 1.82) is 0 Å². The minimum absolute atomic E-state index is 0.385. The molecule has 0 unspecified atom stereocenters. The largest absolute Gasteiger partial charge is 0.371 e. The molecule has 1 aromatic carbocycles. The highest BCUT2D eigenvalue weighted by atomic mass is 32.2. The number of piperidine rings is 1. The minimum Gasteiger partial charge on any atom is -0.371 e. The van der Waals surface area contributed by atoms with Crippen LogP contribution in [0.3, 0.4) is 0 Å². The summed E-state index contributed by atoms with van der Waals surface area (Å²) < 4.78 is 28.3. The first-order chi connectivity index (χ1) is 13.1. The van der Waals surface area contributed by atoms with Crippen LogP contribution in [-0.4, -0.2) is 33.0 Å². The van der Waals surface area contributed by atoms with Gasteiger partial charge in [0.05, 0.1) is 4.90 Å². The number of sulfonamides is 1. The molecule has 2 heterocycles. The molecule has 0 spiro atoms. The van der Waals surface area contributed by atoms with Crippen LogP contribution in [0.2, 0.25) is 0 Å². The van der Waals surface area contributed by atoms with Crippen LogP contribution < -0.4 is 9.62 Å². The lowest BCUT2D eigenvalue weighted by atomic mass is 9.92. The van der Waals surface area contributed by atoms with Crippen molar-refractivity contribution in [1.82, 2.24) is 9.71 Å². The van der Waals surface area contributed by atoms with E-state index in [0.717, 1.165) is 45.2 Å². The second-order valence-electron chi connectivity index (χ2n) is 7.63. The van der Waals surface area contributed by atoms with E-state index in [1.165, 1.54) is 23.2 Å². The fourth-order valence-corrected chi connectivity index (χ4v) is 5.30. The Morgan fingerprint density at radius 3 is 2.44 bits per heavy atom. The van der Waals surface area contributed by atoms with Crippen molar-refractivity contribution in [2.45, 2.75) is 43.4 Å². The van der Waals surface area contributed by atoms with E-state index >= 15 is 0 Å². The molecule has 0 bridgehead atoms. The fraction of sp³-hybridized carbons (Fsp3) is 0.476. The van der Waals surface area contributed by atoms with Crippen LogP contribution in [0.25, 0.3) is 0 Å².